The Balaban J connectivity index is 2.33. The van der Waals surface area contributed by atoms with Gasteiger partial charge in [0.05, 0.1) is 0 Å². The van der Waals surface area contributed by atoms with Crippen molar-refractivity contribution in [1.82, 2.24) is 14.8 Å². The molecule has 6 heteroatoms. The van der Waals surface area contributed by atoms with E-state index >= 15 is 0 Å². The zero-order valence-electron chi connectivity index (χ0n) is 16.2. The van der Waals surface area contributed by atoms with Crippen LogP contribution in [0, 0.1) is 5.92 Å². The van der Waals surface area contributed by atoms with Crippen molar-refractivity contribution >= 4 is 11.8 Å². The molecule has 1 heterocycles. The van der Waals surface area contributed by atoms with Crippen molar-refractivity contribution in [2.45, 2.75) is 58.4 Å². The normalized spacial score (nSPS) is 14.9. The first-order valence-corrected chi connectivity index (χ1v) is 9.68. The molecule has 0 unspecified atom stereocenters. The third kappa shape index (κ3) is 5.19. The monoisotopic (exact) mass is 361 g/mol. The summed E-state index contributed by atoms with van der Waals surface area (Å²) in [5.74, 6) is -0.227. The lowest BCUT2D eigenvalue weighted by molar-refractivity contribution is 0.0825. The molecular formula is C20H31N3O3. The number of nitrogens with zero attached hydrogens (tertiary/aromatic N) is 2. The van der Waals surface area contributed by atoms with Gasteiger partial charge in [-0.1, -0.05) is 32.6 Å². The second kappa shape index (κ2) is 9.55. The smallest absolute Gasteiger partial charge is 0.258 e. The summed E-state index contributed by atoms with van der Waals surface area (Å²) >= 11 is 0. The quantitative estimate of drug-likeness (QED) is 0.759. The van der Waals surface area contributed by atoms with Crippen LogP contribution in [0.15, 0.2) is 17.2 Å². The number of aromatic nitrogens is 1. The van der Waals surface area contributed by atoms with Crippen molar-refractivity contribution < 1.29 is 9.59 Å². The molecule has 0 saturated heterocycles. The van der Waals surface area contributed by atoms with Gasteiger partial charge in [0, 0.05) is 39.6 Å². The Bertz CT molecular complexity index is 688. The molecule has 144 valence electrons. The maximum Gasteiger partial charge on any atom is 0.258 e. The van der Waals surface area contributed by atoms with Crippen molar-refractivity contribution in [1.29, 1.82) is 0 Å². The number of amides is 2. The van der Waals surface area contributed by atoms with E-state index in [-0.39, 0.29) is 17.0 Å². The number of nitrogens with one attached hydrogen (secondary N) is 1. The Morgan fingerprint density at radius 1 is 1.15 bits per heavy atom. The molecule has 0 bridgehead atoms. The van der Waals surface area contributed by atoms with E-state index in [0.29, 0.717) is 12.5 Å². The highest BCUT2D eigenvalue weighted by molar-refractivity contribution is 5.98. The van der Waals surface area contributed by atoms with Gasteiger partial charge in [0.1, 0.15) is 11.1 Å². The van der Waals surface area contributed by atoms with Crippen LogP contribution in [-0.2, 0) is 6.54 Å². The molecule has 2 rings (SSSR count). The van der Waals surface area contributed by atoms with E-state index in [1.165, 1.54) is 24.2 Å². The second-order valence-electron chi connectivity index (χ2n) is 7.42. The van der Waals surface area contributed by atoms with Gasteiger partial charge in [-0.05, 0) is 25.2 Å². The molecule has 0 radical (unpaired) electrons. The van der Waals surface area contributed by atoms with Crippen LogP contribution in [-0.4, -0.2) is 41.9 Å². The second-order valence-corrected chi connectivity index (χ2v) is 7.42. The van der Waals surface area contributed by atoms with E-state index in [0.717, 1.165) is 32.2 Å². The molecule has 0 atom stereocenters. The maximum absolute atomic E-state index is 12.7. The van der Waals surface area contributed by atoms with Gasteiger partial charge >= 0.3 is 0 Å². The highest BCUT2D eigenvalue weighted by atomic mass is 16.2. The fourth-order valence-electron chi connectivity index (χ4n) is 3.43. The molecular weight excluding hydrogens is 330 g/mol. The van der Waals surface area contributed by atoms with Gasteiger partial charge in [0.2, 0.25) is 5.43 Å². The molecule has 6 nitrogen and oxygen atoms in total. The fourth-order valence-corrected chi connectivity index (χ4v) is 3.43. The summed E-state index contributed by atoms with van der Waals surface area (Å²) in [6, 6.07) is 0. The Morgan fingerprint density at radius 2 is 1.81 bits per heavy atom. The predicted molar refractivity (Wildman–Crippen MR) is 103 cm³/mol. The molecule has 1 aromatic heterocycles. The predicted octanol–water partition coefficient (Wildman–Crippen LogP) is 2.66. The Kier molecular flexibility index (Phi) is 7.42. The van der Waals surface area contributed by atoms with Crippen molar-refractivity contribution in [3.8, 4) is 0 Å². The van der Waals surface area contributed by atoms with E-state index < -0.39 is 11.3 Å². The van der Waals surface area contributed by atoms with Crippen molar-refractivity contribution in [2.24, 2.45) is 5.92 Å². The number of hydrogen-bond acceptors (Lipinski definition) is 3. The first-order valence-electron chi connectivity index (χ1n) is 9.68. The summed E-state index contributed by atoms with van der Waals surface area (Å²) in [7, 11) is 3.22. The SMILES string of the molecule is CCCCNC(=O)c1cn(CC2CCCCC2)cc(C(=O)N(C)C)c1=O. The Labute approximate surface area is 155 Å². The van der Waals surface area contributed by atoms with Gasteiger partial charge in [-0.25, -0.2) is 0 Å². The summed E-state index contributed by atoms with van der Waals surface area (Å²) in [6.45, 7) is 3.31. The van der Waals surface area contributed by atoms with Gasteiger partial charge < -0.3 is 14.8 Å². The van der Waals surface area contributed by atoms with E-state index in [1.54, 1.807) is 26.5 Å². The topological polar surface area (TPSA) is 71.4 Å². The lowest BCUT2D eigenvalue weighted by Crippen LogP contribution is -2.35. The summed E-state index contributed by atoms with van der Waals surface area (Å²) in [4.78, 5) is 39.0. The van der Waals surface area contributed by atoms with Gasteiger partial charge in [0.15, 0.2) is 0 Å². The number of carbonyl (C=O) groups excluding carboxylic acids is 2. The van der Waals surface area contributed by atoms with Crippen molar-refractivity contribution in [2.75, 3.05) is 20.6 Å². The largest absolute Gasteiger partial charge is 0.352 e. The number of hydrogen-bond donors (Lipinski definition) is 1. The first-order chi connectivity index (χ1) is 12.4. The summed E-state index contributed by atoms with van der Waals surface area (Å²) in [6.07, 6.45) is 11.1. The zero-order chi connectivity index (χ0) is 19.1. The number of carbonyl (C=O) groups is 2. The maximum atomic E-state index is 12.7. The molecule has 1 saturated carbocycles. The lowest BCUT2D eigenvalue weighted by atomic mass is 9.89. The molecule has 0 aliphatic heterocycles. The summed E-state index contributed by atoms with van der Waals surface area (Å²) in [5.41, 5.74) is -0.365. The van der Waals surface area contributed by atoms with Crippen LogP contribution in [0.2, 0.25) is 0 Å². The van der Waals surface area contributed by atoms with Crippen LogP contribution in [0.4, 0.5) is 0 Å². The molecule has 1 fully saturated rings. The molecule has 1 aliphatic carbocycles. The average molecular weight is 361 g/mol. The molecule has 1 N–H and O–H groups in total. The molecule has 0 aromatic carbocycles. The summed E-state index contributed by atoms with van der Waals surface area (Å²) < 4.78 is 1.86. The van der Waals surface area contributed by atoms with Gasteiger partial charge in [-0.3, -0.25) is 14.4 Å². The molecule has 1 aromatic rings. The van der Waals surface area contributed by atoms with Crippen LogP contribution in [0.3, 0.4) is 0 Å². The van der Waals surface area contributed by atoms with Crippen molar-refractivity contribution in [3.63, 3.8) is 0 Å². The Hall–Kier alpha value is -2.11. The fraction of sp³-hybridized carbons (Fsp3) is 0.650. The highest BCUT2D eigenvalue weighted by Crippen LogP contribution is 2.25. The zero-order valence-corrected chi connectivity index (χ0v) is 16.2. The number of unbranched alkanes of at least 4 members (excludes halogenated alkanes) is 1. The van der Waals surface area contributed by atoms with Crippen LogP contribution < -0.4 is 10.7 Å². The van der Waals surface area contributed by atoms with E-state index in [2.05, 4.69) is 5.32 Å². The minimum absolute atomic E-state index is 0.0598. The van der Waals surface area contributed by atoms with Gasteiger partial charge in [0.25, 0.3) is 11.8 Å². The van der Waals surface area contributed by atoms with Gasteiger partial charge in [-0.2, -0.15) is 0 Å². The van der Waals surface area contributed by atoms with Crippen LogP contribution >= 0.6 is 0 Å². The summed E-state index contributed by atoms with van der Waals surface area (Å²) in [5, 5.41) is 2.79. The van der Waals surface area contributed by atoms with Gasteiger partial charge in [-0.15, -0.1) is 0 Å². The van der Waals surface area contributed by atoms with E-state index in [4.69, 9.17) is 0 Å². The minimum atomic E-state index is -0.488. The minimum Gasteiger partial charge on any atom is -0.352 e. The standard InChI is InChI=1S/C20H31N3O3/c1-4-5-11-21-19(25)16-13-23(12-15-9-7-6-8-10-15)14-17(18(16)24)20(26)22(2)3/h13-15H,4-12H2,1-3H3,(H,21,25). The van der Waals surface area contributed by atoms with Crippen LogP contribution in [0.5, 0.6) is 0 Å². The third-order valence-corrected chi connectivity index (χ3v) is 4.97. The third-order valence-electron chi connectivity index (χ3n) is 4.97. The molecule has 2 amide bonds. The Morgan fingerprint density at radius 3 is 2.42 bits per heavy atom. The van der Waals surface area contributed by atoms with E-state index in [1.807, 2.05) is 11.5 Å². The average Bonchev–Trinajstić information content (AvgIpc) is 2.63. The number of rotatable bonds is 7. The highest BCUT2D eigenvalue weighted by Gasteiger charge is 2.21. The van der Waals surface area contributed by atoms with Crippen LogP contribution in [0.25, 0.3) is 0 Å². The van der Waals surface area contributed by atoms with E-state index in [9.17, 15) is 14.4 Å². The lowest BCUT2D eigenvalue weighted by Gasteiger charge is -2.23. The molecule has 0 spiro atoms. The van der Waals surface area contributed by atoms with Crippen molar-refractivity contribution in [3.05, 3.63) is 33.7 Å². The molecule has 1 aliphatic rings. The van der Waals surface area contributed by atoms with Crippen LogP contribution in [0.1, 0.15) is 72.6 Å². The first kappa shape index (κ1) is 20.2. The number of pyridine rings is 1. The molecule has 26 heavy (non-hydrogen) atoms.